The van der Waals surface area contributed by atoms with Crippen LogP contribution in [0.2, 0.25) is 0 Å². The third kappa shape index (κ3) is 2.90. The van der Waals surface area contributed by atoms with Crippen LogP contribution in [0.1, 0.15) is 43.7 Å². The zero-order valence-corrected chi connectivity index (χ0v) is 16.1. The van der Waals surface area contributed by atoms with Gasteiger partial charge in [-0.1, -0.05) is 37.3 Å². The van der Waals surface area contributed by atoms with Gasteiger partial charge < -0.3 is 10.1 Å². The van der Waals surface area contributed by atoms with E-state index in [0.717, 1.165) is 43.8 Å². The molecular formula is C21H25N5O2. The van der Waals surface area contributed by atoms with E-state index in [9.17, 15) is 4.79 Å². The Morgan fingerprint density at radius 3 is 2.86 bits per heavy atom. The van der Waals surface area contributed by atoms with Gasteiger partial charge in [-0.15, -0.1) is 0 Å². The van der Waals surface area contributed by atoms with Gasteiger partial charge in [0.05, 0.1) is 0 Å². The first-order valence-corrected chi connectivity index (χ1v) is 10.2. The van der Waals surface area contributed by atoms with Crippen LogP contribution < -0.4 is 11.0 Å². The van der Waals surface area contributed by atoms with Crippen molar-refractivity contribution in [2.75, 3.05) is 11.9 Å². The highest BCUT2D eigenvalue weighted by atomic mass is 16.5. The highest BCUT2D eigenvalue weighted by Gasteiger charge is 2.33. The quantitative estimate of drug-likeness (QED) is 0.738. The molecule has 4 heterocycles. The van der Waals surface area contributed by atoms with Gasteiger partial charge in [0.25, 0.3) is 0 Å². The van der Waals surface area contributed by atoms with E-state index < -0.39 is 0 Å². The van der Waals surface area contributed by atoms with Crippen LogP contribution in [-0.2, 0) is 24.2 Å². The van der Waals surface area contributed by atoms with Crippen molar-refractivity contribution in [2.24, 2.45) is 0 Å². The molecule has 28 heavy (non-hydrogen) atoms. The van der Waals surface area contributed by atoms with Gasteiger partial charge in [-0.05, 0) is 31.2 Å². The summed E-state index contributed by atoms with van der Waals surface area (Å²) in [6.45, 7) is 4.11. The van der Waals surface area contributed by atoms with Crippen LogP contribution in [0.4, 0.5) is 5.82 Å². The summed E-state index contributed by atoms with van der Waals surface area (Å²) < 4.78 is 9.39. The van der Waals surface area contributed by atoms with Gasteiger partial charge in [0.2, 0.25) is 0 Å². The second-order valence-electron chi connectivity index (χ2n) is 7.68. The van der Waals surface area contributed by atoms with Crippen molar-refractivity contribution in [1.29, 1.82) is 0 Å². The van der Waals surface area contributed by atoms with Crippen molar-refractivity contribution in [2.45, 2.75) is 57.8 Å². The average molecular weight is 379 g/mol. The first kappa shape index (κ1) is 17.4. The molecule has 146 valence electrons. The molecule has 1 unspecified atom stereocenters. The van der Waals surface area contributed by atoms with Crippen LogP contribution in [0.15, 0.2) is 35.1 Å². The van der Waals surface area contributed by atoms with Crippen molar-refractivity contribution in [3.8, 4) is 11.5 Å². The molecule has 1 fully saturated rings. The molecule has 0 bridgehead atoms. The van der Waals surface area contributed by atoms with Crippen molar-refractivity contribution in [1.82, 2.24) is 19.1 Å². The molecule has 7 nitrogen and oxygen atoms in total. The van der Waals surface area contributed by atoms with Gasteiger partial charge in [-0.2, -0.15) is 0 Å². The molecule has 2 atom stereocenters. The van der Waals surface area contributed by atoms with E-state index >= 15 is 0 Å². The Kier molecular flexibility index (Phi) is 4.39. The van der Waals surface area contributed by atoms with Crippen LogP contribution in [0.3, 0.4) is 0 Å². The number of hydrogen-bond acceptors (Lipinski definition) is 5. The lowest BCUT2D eigenvalue weighted by Crippen LogP contribution is -2.32. The minimum atomic E-state index is -0.0558. The molecular weight excluding hydrogens is 354 g/mol. The molecule has 0 saturated carbocycles. The van der Waals surface area contributed by atoms with E-state index in [1.165, 1.54) is 5.56 Å². The van der Waals surface area contributed by atoms with Gasteiger partial charge in [-0.25, -0.2) is 14.8 Å². The number of benzene rings is 1. The van der Waals surface area contributed by atoms with E-state index in [4.69, 9.17) is 14.7 Å². The molecule has 4 aliphatic heterocycles. The number of aromatic nitrogens is 4. The highest BCUT2D eigenvalue weighted by molar-refractivity contribution is 5.70. The second-order valence-corrected chi connectivity index (χ2v) is 7.68. The maximum Gasteiger partial charge on any atom is 0.331 e. The van der Waals surface area contributed by atoms with Crippen molar-refractivity contribution in [3.05, 3.63) is 52.2 Å². The smallest absolute Gasteiger partial charge is 0.331 e. The summed E-state index contributed by atoms with van der Waals surface area (Å²) in [7, 11) is 0. The molecule has 0 radical (unpaired) electrons. The molecule has 0 spiro atoms. The predicted molar refractivity (Wildman–Crippen MR) is 107 cm³/mol. The summed E-state index contributed by atoms with van der Waals surface area (Å²) in [6, 6.07) is 10.5. The SMILES string of the molecule is CCCn1c2nc([C@H]3CCCO3)nc-2c2n(c1=O)CC(Cc1ccccc1)N2. The Labute approximate surface area is 163 Å². The fourth-order valence-electron chi connectivity index (χ4n) is 4.30. The summed E-state index contributed by atoms with van der Waals surface area (Å²) >= 11 is 0. The lowest BCUT2D eigenvalue weighted by Gasteiger charge is -2.13. The van der Waals surface area contributed by atoms with E-state index in [1.54, 1.807) is 4.57 Å². The summed E-state index contributed by atoms with van der Waals surface area (Å²) in [6.07, 6.45) is 3.65. The predicted octanol–water partition coefficient (Wildman–Crippen LogP) is 2.84. The van der Waals surface area contributed by atoms with Gasteiger partial charge in [0.1, 0.15) is 17.6 Å². The number of ether oxygens (including phenoxy) is 1. The first-order valence-electron chi connectivity index (χ1n) is 10.2. The van der Waals surface area contributed by atoms with E-state index in [1.807, 2.05) is 22.8 Å². The summed E-state index contributed by atoms with van der Waals surface area (Å²) in [5.74, 6) is 2.18. The minimum Gasteiger partial charge on any atom is -0.370 e. The zero-order chi connectivity index (χ0) is 19.1. The molecule has 1 aromatic rings. The zero-order valence-electron chi connectivity index (χ0n) is 16.1. The van der Waals surface area contributed by atoms with Gasteiger partial charge in [0.15, 0.2) is 11.6 Å². The topological polar surface area (TPSA) is 74.0 Å². The Balaban J connectivity index is 1.55. The normalized spacial score (nSPS) is 21.2. The van der Waals surface area contributed by atoms with Crippen LogP contribution in [-0.4, -0.2) is 31.8 Å². The second kappa shape index (κ2) is 7.05. The molecule has 0 aliphatic carbocycles. The number of hydrogen-bond donors (Lipinski definition) is 1. The Bertz CT molecular complexity index is 1000. The first-order chi connectivity index (χ1) is 13.7. The van der Waals surface area contributed by atoms with Gasteiger partial charge >= 0.3 is 5.69 Å². The fourth-order valence-corrected chi connectivity index (χ4v) is 4.30. The van der Waals surface area contributed by atoms with Gasteiger partial charge in [0, 0.05) is 25.7 Å². The van der Waals surface area contributed by atoms with Crippen LogP contribution in [0.5, 0.6) is 0 Å². The Morgan fingerprint density at radius 2 is 2.11 bits per heavy atom. The number of nitrogens with one attached hydrogen (secondary N) is 1. The highest BCUT2D eigenvalue weighted by Crippen LogP contribution is 2.35. The van der Waals surface area contributed by atoms with E-state index in [2.05, 4.69) is 24.4 Å². The third-order valence-corrected chi connectivity index (χ3v) is 5.60. The fraction of sp³-hybridized carbons (Fsp3) is 0.476. The number of anilines is 1. The molecule has 0 aromatic heterocycles. The number of rotatable bonds is 5. The molecule has 1 saturated heterocycles. The van der Waals surface area contributed by atoms with Crippen molar-refractivity contribution >= 4 is 5.82 Å². The maximum atomic E-state index is 13.2. The summed E-state index contributed by atoms with van der Waals surface area (Å²) in [5.41, 5.74) is 2.03. The molecule has 7 heteroatoms. The van der Waals surface area contributed by atoms with Crippen molar-refractivity contribution < 1.29 is 4.74 Å². The van der Waals surface area contributed by atoms with E-state index in [0.29, 0.717) is 24.7 Å². The molecule has 0 amide bonds. The molecule has 1 aromatic carbocycles. The third-order valence-electron chi connectivity index (χ3n) is 5.60. The number of nitrogens with zero attached hydrogens (tertiary/aromatic N) is 4. The average Bonchev–Trinajstić information content (AvgIpc) is 3.44. The molecule has 5 rings (SSSR count). The largest absolute Gasteiger partial charge is 0.370 e. The van der Waals surface area contributed by atoms with Crippen LogP contribution in [0.25, 0.3) is 11.5 Å². The summed E-state index contributed by atoms with van der Waals surface area (Å²) in [4.78, 5) is 22.7. The Hall–Kier alpha value is -2.67. The summed E-state index contributed by atoms with van der Waals surface area (Å²) in [5, 5.41) is 3.55. The maximum absolute atomic E-state index is 13.2. The molecule has 4 aliphatic rings. The van der Waals surface area contributed by atoms with E-state index in [-0.39, 0.29) is 17.8 Å². The number of imidazole rings is 1. The lowest BCUT2D eigenvalue weighted by molar-refractivity contribution is 0.106. The van der Waals surface area contributed by atoms with Crippen molar-refractivity contribution in [3.63, 3.8) is 0 Å². The lowest BCUT2D eigenvalue weighted by atomic mass is 10.1. The minimum absolute atomic E-state index is 0.00815. The van der Waals surface area contributed by atoms with Crippen LogP contribution >= 0.6 is 0 Å². The van der Waals surface area contributed by atoms with Crippen LogP contribution in [0, 0.1) is 0 Å². The van der Waals surface area contributed by atoms with Gasteiger partial charge in [-0.3, -0.25) is 9.13 Å². The standard InChI is InChI=1S/C21H25N5O2/c1-2-10-25-20-17(23-18(24-20)16-9-6-11-28-16)19-22-15(13-26(19)21(25)27)12-14-7-4-3-5-8-14/h3-5,7-8,15-16,22H,2,6,9-13H2,1H3/t15?,16-/m1/s1. The monoisotopic (exact) mass is 379 g/mol. The number of fused-ring (bicyclic) bond motifs is 3. The molecule has 1 N–H and O–H groups in total. The Morgan fingerprint density at radius 1 is 1.25 bits per heavy atom.